The molecule has 2 N–H and O–H groups in total. The molecule has 0 fully saturated rings. The van der Waals surface area contributed by atoms with Crippen LogP contribution in [0.1, 0.15) is 31.8 Å². The third kappa shape index (κ3) is 8.03. The molecule has 2 rings (SSSR count). The molecule has 0 spiro atoms. The van der Waals surface area contributed by atoms with Crippen LogP contribution in [0.5, 0.6) is 0 Å². The second-order valence-electron chi connectivity index (χ2n) is 6.49. The summed E-state index contributed by atoms with van der Waals surface area (Å²) in [6, 6.07) is 12.2. The molecular formula is C22H27NO6. The molecule has 0 aliphatic carbocycles. The van der Waals surface area contributed by atoms with Gasteiger partial charge in [-0.1, -0.05) is 17.2 Å². The molecule has 2 aromatic rings. The third-order valence-electron chi connectivity index (χ3n) is 3.93. The highest BCUT2D eigenvalue weighted by molar-refractivity contribution is 6.04. The summed E-state index contributed by atoms with van der Waals surface area (Å²) in [6.45, 7) is 5.28. The fourth-order valence-corrected chi connectivity index (χ4v) is 2.66. The van der Waals surface area contributed by atoms with Gasteiger partial charge in [0, 0.05) is 11.3 Å². The fourth-order valence-electron chi connectivity index (χ4n) is 2.66. The summed E-state index contributed by atoms with van der Waals surface area (Å²) in [4.78, 5) is 24.4. The average molecular weight is 401 g/mol. The van der Waals surface area contributed by atoms with Crippen molar-refractivity contribution in [3.05, 3.63) is 64.7 Å². The Hall–Kier alpha value is -2.74. The van der Waals surface area contributed by atoms with E-state index in [1.165, 1.54) is 0 Å². The summed E-state index contributed by atoms with van der Waals surface area (Å²) in [5, 5.41) is 11.4. The highest BCUT2D eigenvalue weighted by Crippen LogP contribution is 2.14. The lowest BCUT2D eigenvalue weighted by atomic mass is 10.1. The summed E-state index contributed by atoms with van der Waals surface area (Å²) in [6.07, 6.45) is 0. The smallest absolute Gasteiger partial charge is 0.338 e. The Morgan fingerprint density at radius 3 is 2.03 bits per heavy atom. The Kier molecular flexibility index (Phi) is 9.30. The molecule has 1 amide bonds. The summed E-state index contributed by atoms with van der Waals surface area (Å²) in [7, 11) is 0. The maximum absolute atomic E-state index is 12.4. The van der Waals surface area contributed by atoms with Crippen LogP contribution in [0.25, 0.3) is 0 Å². The molecule has 7 heteroatoms. The van der Waals surface area contributed by atoms with Crippen LogP contribution in [0, 0.1) is 13.8 Å². The van der Waals surface area contributed by atoms with Gasteiger partial charge in [0.1, 0.15) is 6.61 Å². The third-order valence-corrected chi connectivity index (χ3v) is 3.93. The summed E-state index contributed by atoms with van der Waals surface area (Å²) >= 11 is 0. The first kappa shape index (κ1) is 22.5. The topological polar surface area (TPSA) is 94.1 Å². The summed E-state index contributed by atoms with van der Waals surface area (Å²) in [5.41, 5.74) is 3.62. The van der Waals surface area contributed by atoms with Crippen LogP contribution >= 0.6 is 0 Å². The normalized spacial score (nSPS) is 10.6. The number of benzene rings is 2. The Morgan fingerprint density at radius 1 is 0.828 bits per heavy atom. The second kappa shape index (κ2) is 12.0. The van der Waals surface area contributed by atoms with Gasteiger partial charge in [0.2, 0.25) is 0 Å². The minimum Gasteiger partial charge on any atom is -0.460 e. The maximum atomic E-state index is 12.4. The van der Waals surface area contributed by atoms with Gasteiger partial charge in [-0.3, -0.25) is 4.79 Å². The van der Waals surface area contributed by atoms with E-state index >= 15 is 0 Å². The SMILES string of the molecule is Cc1cc(C)cc(C(=O)Nc2ccc(C(=O)OCCOCCOCCO)cc2)c1. The molecule has 0 aromatic heterocycles. The largest absolute Gasteiger partial charge is 0.460 e. The first-order chi connectivity index (χ1) is 14.0. The first-order valence-electron chi connectivity index (χ1n) is 9.43. The second-order valence-corrected chi connectivity index (χ2v) is 6.49. The summed E-state index contributed by atoms with van der Waals surface area (Å²) in [5.74, 6) is -0.662. The van der Waals surface area contributed by atoms with Gasteiger partial charge < -0.3 is 24.6 Å². The summed E-state index contributed by atoms with van der Waals surface area (Å²) < 4.78 is 15.4. The van der Waals surface area contributed by atoms with Gasteiger partial charge in [0.05, 0.1) is 38.6 Å². The van der Waals surface area contributed by atoms with Crippen LogP contribution in [-0.2, 0) is 14.2 Å². The number of hydrogen-bond acceptors (Lipinski definition) is 6. The molecular weight excluding hydrogens is 374 g/mol. The molecule has 0 saturated carbocycles. The van der Waals surface area contributed by atoms with E-state index in [1.54, 1.807) is 24.3 Å². The van der Waals surface area contributed by atoms with Crippen LogP contribution in [-0.4, -0.2) is 56.6 Å². The van der Waals surface area contributed by atoms with Gasteiger partial charge in [-0.05, 0) is 50.2 Å². The number of ether oxygens (including phenoxy) is 3. The van der Waals surface area contributed by atoms with Crippen molar-refractivity contribution in [1.29, 1.82) is 0 Å². The standard InChI is InChI=1S/C22H27NO6/c1-16-13-17(2)15-19(14-16)21(25)23-20-5-3-18(4-6-20)22(26)29-12-11-28-10-9-27-8-7-24/h3-6,13-15,24H,7-12H2,1-2H3,(H,23,25). The number of nitrogens with one attached hydrogen (secondary N) is 1. The zero-order valence-electron chi connectivity index (χ0n) is 16.8. The molecule has 7 nitrogen and oxygen atoms in total. The van der Waals surface area contributed by atoms with Crippen LogP contribution in [0.4, 0.5) is 5.69 Å². The van der Waals surface area contributed by atoms with Crippen LogP contribution in [0.3, 0.4) is 0 Å². The minimum atomic E-state index is -0.461. The van der Waals surface area contributed by atoms with Crippen molar-refractivity contribution in [3.63, 3.8) is 0 Å². The highest BCUT2D eigenvalue weighted by Gasteiger charge is 2.10. The number of hydrogen-bond donors (Lipinski definition) is 2. The van der Waals surface area contributed by atoms with Crippen molar-refractivity contribution in [2.24, 2.45) is 0 Å². The van der Waals surface area contributed by atoms with Crippen LogP contribution < -0.4 is 5.32 Å². The maximum Gasteiger partial charge on any atom is 0.338 e. The van der Waals surface area contributed by atoms with Gasteiger partial charge >= 0.3 is 5.97 Å². The van der Waals surface area contributed by atoms with Crippen molar-refractivity contribution >= 4 is 17.6 Å². The lowest BCUT2D eigenvalue weighted by Crippen LogP contribution is -2.14. The van der Waals surface area contributed by atoms with Crippen LogP contribution in [0.15, 0.2) is 42.5 Å². The molecule has 0 heterocycles. The lowest BCUT2D eigenvalue weighted by molar-refractivity contribution is 0.00920. The van der Waals surface area contributed by atoms with E-state index in [0.717, 1.165) is 11.1 Å². The van der Waals surface area contributed by atoms with Crippen molar-refractivity contribution in [2.45, 2.75) is 13.8 Å². The molecule has 29 heavy (non-hydrogen) atoms. The predicted octanol–water partition coefficient (Wildman–Crippen LogP) is 2.74. The number of aryl methyl sites for hydroxylation is 2. The number of anilines is 1. The number of carbonyl (C=O) groups is 2. The van der Waals surface area contributed by atoms with E-state index in [2.05, 4.69) is 5.32 Å². The Balaban J connectivity index is 1.76. The number of amides is 1. The van der Waals surface area contributed by atoms with Crippen molar-refractivity contribution in [1.82, 2.24) is 0 Å². The van der Waals surface area contributed by atoms with E-state index in [0.29, 0.717) is 30.0 Å². The zero-order valence-corrected chi connectivity index (χ0v) is 16.8. The van der Waals surface area contributed by atoms with Crippen molar-refractivity contribution in [3.8, 4) is 0 Å². The lowest BCUT2D eigenvalue weighted by Gasteiger charge is -2.09. The molecule has 0 aliphatic rings. The average Bonchev–Trinajstić information content (AvgIpc) is 2.69. The van der Waals surface area contributed by atoms with Gasteiger partial charge in [0.25, 0.3) is 5.91 Å². The number of carbonyl (C=O) groups excluding carboxylic acids is 2. The predicted molar refractivity (Wildman–Crippen MR) is 109 cm³/mol. The first-order valence-corrected chi connectivity index (χ1v) is 9.43. The molecule has 0 aliphatic heterocycles. The molecule has 0 radical (unpaired) electrons. The number of esters is 1. The molecule has 0 atom stereocenters. The molecule has 2 aromatic carbocycles. The van der Waals surface area contributed by atoms with E-state index < -0.39 is 5.97 Å². The van der Waals surface area contributed by atoms with Crippen molar-refractivity contribution < 1.29 is 28.9 Å². The highest BCUT2D eigenvalue weighted by atomic mass is 16.6. The number of aliphatic hydroxyl groups is 1. The van der Waals surface area contributed by atoms with Gasteiger partial charge in [-0.2, -0.15) is 0 Å². The molecule has 156 valence electrons. The van der Waals surface area contributed by atoms with E-state index in [4.69, 9.17) is 19.3 Å². The quantitative estimate of drug-likeness (QED) is 0.444. The Labute approximate surface area is 170 Å². The Bertz CT molecular complexity index is 783. The van der Waals surface area contributed by atoms with Gasteiger partial charge in [-0.25, -0.2) is 4.79 Å². The van der Waals surface area contributed by atoms with Crippen molar-refractivity contribution in [2.75, 3.05) is 45.0 Å². The molecule has 0 unspecified atom stereocenters. The molecule has 0 bridgehead atoms. The van der Waals surface area contributed by atoms with Gasteiger partial charge in [0.15, 0.2) is 0 Å². The molecule has 0 saturated heterocycles. The number of aliphatic hydroxyl groups excluding tert-OH is 1. The zero-order chi connectivity index (χ0) is 21.1. The van der Waals surface area contributed by atoms with E-state index in [1.807, 2.05) is 32.0 Å². The van der Waals surface area contributed by atoms with E-state index in [-0.39, 0.29) is 32.3 Å². The number of rotatable bonds is 11. The fraction of sp³-hybridized carbons (Fsp3) is 0.364. The minimum absolute atomic E-state index is 0.0221. The van der Waals surface area contributed by atoms with Gasteiger partial charge in [-0.15, -0.1) is 0 Å². The van der Waals surface area contributed by atoms with Crippen LogP contribution in [0.2, 0.25) is 0 Å². The monoisotopic (exact) mass is 401 g/mol. The Morgan fingerprint density at radius 2 is 1.41 bits per heavy atom. The van der Waals surface area contributed by atoms with E-state index in [9.17, 15) is 9.59 Å².